The normalized spacial score (nSPS) is 20.8. The standard InChI is InChI=1S/C18H31N3/c1-5-18(19-6-2)15-9-11-16(12-10-15)21-13-7-8-17(14-21)20(3)4/h9-12,17-19H,5-8,13-14H2,1-4H3. The van der Waals surface area contributed by atoms with Crippen molar-refractivity contribution in [2.75, 3.05) is 38.6 Å². The van der Waals surface area contributed by atoms with Gasteiger partial charge >= 0.3 is 0 Å². The molecule has 0 radical (unpaired) electrons. The van der Waals surface area contributed by atoms with Crippen LogP contribution in [0.1, 0.15) is 44.7 Å². The summed E-state index contributed by atoms with van der Waals surface area (Å²) in [5, 5.41) is 3.55. The molecule has 0 amide bonds. The first-order valence-corrected chi connectivity index (χ1v) is 8.40. The number of hydrogen-bond acceptors (Lipinski definition) is 3. The van der Waals surface area contributed by atoms with E-state index < -0.39 is 0 Å². The fourth-order valence-electron chi connectivity index (χ4n) is 3.27. The number of likely N-dealkylation sites (N-methyl/N-ethyl adjacent to an activating group) is 1. The fourth-order valence-corrected chi connectivity index (χ4v) is 3.27. The summed E-state index contributed by atoms with van der Waals surface area (Å²) in [4.78, 5) is 4.89. The molecule has 0 saturated carbocycles. The van der Waals surface area contributed by atoms with Crippen LogP contribution in [0.2, 0.25) is 0 Å². The van der Waals surface area contributed by atoms with Crippen molar-refractivity contribution in [3.8, 4) is 0 Å². The van der Waals surface area contributed by atoms with Gasteiger partial charge in [0.1, 0.15) is 0 Å². The van der Waals surface area contributed by atoms with Crippen LogP contribution in [0.4, 0.5) is 5.69 Å². The SMILES string of the molecule is CCNC(CC)c1ccc(N2CCCC(N(C)C)C2)cc1. The minimum Gasteiger partial charge on any atom is -0.370 e. The van der Waals surface area contributed by atoms with Gasteiger partial charge in [-0.15, -0.1) is 0 Å². The predicted molar refractivity (Wildman–Crippen MR) is 92.1 cm³/mol. The number of anilines is 1. The second-order valence-corrected chi connectivity index (χ2v) is 6.32. The highest BCUT2D eigenvalue weighted by molar-refractivity contribution is 5.48. The van der Waals surface area contributed by atoms with Gasteiger partial charge in [0.25, 0.3) is 0 Å². The van der Waals surface area contributed by atoms with Gasteiger partial charge in [-0.05, 0) is 57.6 Å². The second-order valence-electron chi connectivity index (χ2n) is 6.32. The van der Waals surface area contributed by atoms with Gasteiger partial charge < -0.3 is 15.1 Å². The van der Waals surface area contributed by atoms with Crippen LogP contribution in [0.25, 0.3) is 0 Å². The van der Waals surface area contributed by atoms with Gasteiger partial charge in [0.2, 0.25) is 0 Å². The molecule has 3 heteroatoms. The molecule has 2 unspecified atom stereocenters. The number of piperidine rings is 1. The fraction of sp³-hybridized carbons (Fsp3) is 0.667. The number of nitrogens with one attached hydrogen (secondary N) is 1. The lowest BCUT2D eigenvalue weighted by Gasteiger charge is -2.37. The van der Waals surface area contributed by atoms with Crippen LogP contribution in [0, 0.1) is 0 Å². The molecule has 1 fully saturated rings. The Labute approximate surface area is 130 Å². The molecule has 1 aromatic rings. The Hall–Kier alpha value is -1.06. The Balaban J connectivity index is 2.04. The lowest BCUT2D eigenvalue weighted by molar-refractivity contribution is 0.258. The number of benzene rings is 1. The maximum absolute atomic E-state index is 3.55. The molecule has 1 saturated heterocycles. The van der Waals surface area contributed by atoms with Crippen molar-refractivity contribution in [1.29, 1.82) is 0 Å². The molecule has 1 N–H and O–H groups in total. The highest BCUT2D eigenvalue weighted by Gasteiger charge is 2.21. The van der Waals surface area contributed by atoms with Gasteiger partial charge in [-0.3, -0.25) is 0 Å². The molecule has 0 aliphatic carbocycles. The van der Waals surface area contributed by atoms with Gasteiger partial charge in [0, 0.05) is 30.9 Å². The van der Waals surface area contributed by atoms with E-state index in [1.54, 1.807) is 0 Å². The van der Waals surface area contributed by atoms with E-state index in [1.165, 1.54) is 30.6 Å². The quantitative estimate of drug-likeness (QED) is 0.867. The van der Waals surface area contributed by atoms with E-state index in [2.05, 4.69) is 67.3 Å². The average molecular weight is 289 g/mol. The minimum atomic E-state index is 0.486. The zero-order valence-corrected chi connectivity index (χ0v) is 14.1. The molecule has 21 heavy (non-hydrogen) atoms. The lowest BCUT2D eigenvalue weighted by Crippen LogP contribution is -2.45. The molecule has 3 nitrogen and oxygen atoms in total. The zero-order valence-electron chi connectivity index (χ0n) is 14.1. The van der Waals surface area contributed by atoms with Crippen LogP contribution in [0.15, 0.2) is 24.3 Å². The molecule has 1 aliphatic rings. The van der Waals surface area contributed by atoms with Gasteiger partial charge in [0.05, 0.1) is 0 Å². The molecule has 1 aromatic carbocycles. The summed E-state index contributed by atoms with van der Waals surface area (Å²) < 4.78 is 0. The third-order valence-corrected chi connectivity index (χ3v) is 4.65. The summed E-state index contributed by atoms with van der Waals surface area (Å²) in [6.45, 7) is 7.78. The largest absolute Gasteiger partial charge is 0.370 e. The molecule has 0 aromatic heterocycles. The van der Waals surface area contributed by atoms with Crippen molar-refractivity contribution >= 4 is 5.69 Å². The van der Waals surface area contributed by atoms with Crippen molar-refractivity contribution in [3.05, 3.63) is 29.8 Å². The molecular formula is C18H31N3. The molecule has 1 heterocycles. The first-order chi connectivity index (χ1) is 10.2. The summed E-state index contributed by atoms with van der Waals surface area (Å²) in [6, 6.07) is 10.4. The summed E-state index contributed by atoms with van der Waals surface area (Å²) in [5.74, 6) is 0. The molecule has 0 bridgehead atoms. The van der Waals surface area contributed by atoms with E-state index in [4.69, 9.17) is 0 Å². The predicted octanol–water partition coefficient (Wildman–Crippen LogP) is 3.28. The Morgan fingerprint density at radius 2 is 1.95 bits per heavy atom. The average Bonchev–Trinajstić information content (AvgIpc) is 2.53. The van der Waals surface area contributed by atoms with Crippen LogP contribution in [-0.2, 0) is 0 Å². The highest BCUT2D eigenvalue weighted by atomic mass is 15.2. The van der Waals surface area contributed by atoms with Crippen molar-refractivity contribution < 1.29 is 0 Å². The van der Waals surface area contributed by atoms with E-state index in [0.29, 0.717) is 12.1 Å². The first-order valence-electron chi connectivity index (χ1n) is 8.40. The number of rotatable bonds is 6. The molecule has 2 rings (SSSR count). The van der Waals surface area contributed by atoms with Crippen LogP contribution in [0.3, 0.4) is 0 Å². The van der Waals surface area contributed by atoms with Crippen LogP contribution < -0.4 is 10.2 Å². The van der Waals surface area contributed by atoms with Gasteiger partial charge in [-0.2, -0.15) is 0 Å². The maximum atomic E-state index is 3.55. The van der Waals surface area contributed by atoms with E-state index in [-0.39, 0.29) is 0 Å². The first kappa shape index (κ1) is 16.3. The summed E-state index contributed by atoms with van der Waals surface area (Å²) in [6.07, 6.45) is 3.75. The summed E-state index contributed by atoms with van der Waals surface area (Å²) in [7, 11) is 4.39. The second kappa shape index (κ2) is 7.81. The third-order valence-electron chi connectivity index (χ3n) is 4.65. The third kappa shape index (κ3) is 4.21. The van der Waals surface area contributed by atoms with Crippen LogP contribution >= 0.6 is 0 Å². The Morgan fingerprint density at radius 3 is 2.52 bits per heavy atom. The van der Waals surface area contributed by atoms with Gasteiger partial charge in [-0.1, -0.05) is 26.0 Å². The van der Waals surface area contributed by atoms with Crippen LogP contribution in [-0.4, -0.2) is 44.7 Å². The number of hydrogen-bond donors (Lipinski definition) is 1. The van der Waals surface area contributed by atoms with E-state index in [0.717, 1.165) is 19.5 Å². The maximum Gasteiger partial charge on any atom is 0.0366 e. The Kier molecular flexibility index (Phi) is 6.07. The smallest absolute Gasteiger partial charge is 0.0366 e. The Morgan fingerprint density at radius 1 is 1.24 bits per heavy atom. The van der Waals surface area contributed by atoms with Crippen molar-refractivity contribution in [2.24, 2.45) is 0 Å². The van der Waals surface area contributed by atoms with Gasteiger partial charge in [-0.25, -0.2) is 0 Å². The monoisotopic (exact) mass is 289 g/mol. The van der Waals surface area contributed by atoms with E-state index in [1.807, 2.05) is 0 Å². The summed E-state index contributed by atoms with van der Waals surface area (Å²) >= 11 is 0. The topological polar surface area (TPSA) is 18.5 Å². The molecule has 1 aliphatic heterocycles. The molecule has 0 spiro atoms. The highest BCUT2D eigenvalue weighted by Crippen LogP contribution is 2.24. The minimum absolute atomic E-state index is 0.486. The molecule has 118 valence electrons. The van der Waals surface area contributed by atoms with Crippen molar-refractivity contribution in [1.82, 2.24) is 10.2 Å². The van der Waals surface area contributed by atoms with Crippen molar-refractivity contribution in [2.45, 2.75) is 45.2 Å². The molecular weight excluding hydrogens is 258 g/mol. The van der Waals surface area contributed by atoms with Crippen LogP contribution in [0.5, 0.6) is 0 Å². The van der Waals surface area contributed by atoms with Gasteiger partial charge in [0.15, 0.2) is 0 Å². The van der Waals surface area contributed by atoms with E-state index >= 15 is 0 Å². The lowest BCUT2D eigenvalue weighted by atomic mass is 10.0. The molecule has 2 atom stereocenters. The zero-order chi connectivity index (χ0) is 15.2. The van der Waals surface area contributed by atoms with Crippen molar-refractivity contribution in [3.63, 3.8) is 0 Å². The number of nitrogens with zero attached hydrogens (tertiary/aromatic N) is 2. The van der Waals surface area contributed by atoms with E-state index in [9.17, 15) is 0 Å². The Bertz CT molecular complexity index is 413. The summed E-state index contributed by atoms with van der Waals surface area (Å²) in [5.41, 5.74) is 2.78.